The Balaban J connectivity index is 2.09. The zero-order chi connectivity index (χ0) is 21.3. The van der Waals surface area contributed by atoms with Gasteiger partial charge in [-0.2, -0.15) is 0 Å². The Bertz CT molecular complexity index is 1080. The number of aryl methyl sites for hydroxylation is 1. The highest BCUT2D eigenvalue weighted by Gasteiger charge is 2.25. The van der Waals surface area contributed by atoms with Crippen LogP contribution in [0.3, 0.4) is 0 Å². The van der Waals surface area contributed by atoms with Gasteiger partial charge in [0.2, 0.25) is 0 Å². The number of carbonyl (C=O) groups excluding carboxylic acids is 1. The Morgan fingerprint density at radius 2 is 1.97 bits per heavy atom. The number of nitrogens with one attached hydrogen (secondary N) is 2. The van der Waals surface area contributed by atoms with Crippen molar-refractivity contribution >= 4 is 34.8 Å². The summed E-state index contributed by atoms with van der Waals surface area (Å²) < 4.78 is 2.30. The van der Waals surface area contributed by atoms with Crippen molar-refractivity contribution in [2.75, 3.05) is 18.4 Å². The highest BCUT2D eigenvalue weighted by atomic mass is 16.2. The number of amides is 2. The predicted molar refractivity (Wildman–Crippen MR) is 122 cm³/mol. The van der Waals surface area contributed by atoms with Crippen molar-refractivity contribution in [2.24, 2.45) is 0 Å². The van der Waals surface area contributed by atoms with Crippen molar-refractivity contribution in [3.8, 4) is 12.3 Å². The minimum atomic E-state index is -0.0549. The number of nitrogens with zero attached hydrogens (tertiary/aromatic N) is 2. The average molecular weight is 393 g/mol. The summed E-state index contributed by atoms with van der Waals surface area (Å²) in [5, 5.41) is 9.85. The van der Waals surface area contributed by atoms with Gasteiger partial charge >= 0.3 is 6.03 Å². The van der Waals surface area contributed by atoms with Crippen molar-refractivity contribution in [1.82, 2.24) is 14.8 Å². The molecule has 5 heteroatoms. The van der Waals surface area contributed by atoms with Crippen molar-refractivity contribution < 1.29 is 4.79 Å². The molecule has 0 radical (unpaired) electrons. The molecule has 5 nitrogen and oxygen atoms in total. The predicted octanol–water partition coefficient (Wildman–Crippen LogP) is 2.96. The Labute approximate surface area is 173 Å². The number of hydrogen-bond donors (Lipinski definition) is 2. The van der Waals surface area contributed by atoms with Crippen molar-refractivity contribution in [1.29, 1.82) is 0 Å². The molecule has 3 rings (SSSR count). The smallest absolute Gasteiger partial charge is 0.321 e. The van der Waals surface area contributed by atoms with Crippen LogP contribution in [0.4, 0.5) is 10.5 Å². The molecule has 1 aromatic carbocycles. The lowest BCUT2D eigenvalue weighted by atomic mass is 10.1. The molecule has 154 valence electrons. The number of urea groups is 1. The molecule has 0 bridgehead atoms. The minimum Gasteiger partial charge on any atom is -0.338 e. The van der Waals surface area contributed by atoms with E-state index in [4.69, 9.17) is 6.42 Å². The molecule has 1 fully saturated rings. The maximum Gasteiger partial charge on any atom is 0.321 e. The number of aromatic nitrogens is 1. The number of anilines is 1. The lowest BCUT2D eigenvalue weighted by Crippen LogP contribution is -2.56. The quantitative estimate of drug-likeness (QED) is 0.772. The first kappa shape index (κ1) is 21.0. The second-order valence-corrected chi connectivity index (χ2v) is 8.30. The summed E-state index contributed by atoms with van der Waals surface area (Å²) >= 11 is 0. The van der Waals surface area contributed by atoms with E-state index < -0.39 is 0 Å². The zero-order valence-corrected chi connectivity index (χ0v) is 18.3. The number of hydrogen-bond acceptors (Lipinski definition) is 2. The molecule has 1 aromatic heterocycles. The summed E-state index contributed by atoms with van der Waals surface area (Å²) in [5.41, 5.74) is 3.00. The van der Waals surface area contributed by atoms with E-state index in [9.17, 15) is 4.79 Å². The van der Waals surface area contributed by atoms with E-state index in [1.165, 1.54) is 0 Å². The van der Waals surface area contributed by atoms with Crippen LogP contribution in [-0.2, 0) is 0 Å². The third kappa shape index (κ3) is 3.90. The maximum atomic E-state index is 12.9. The molecule has 2 N–H and O–H groups in total. The monoisotopic (exact) mass is 392 g/mol. The van der Waals surface area contributed by atoms with Crippen LogP contribution in [0, 0.1) is 19.3 Å². The van der Waals surface area contributed by atoms with Crippen LogP contribution in [0.25, 0.3) is 23.1 Å². The fraction of sp³-hybridized carbons (Fsp3) is 0.458. The summed E-state index contributed by atoms with van der Waals surface area (Å²) in [4.78, 5) is 14.8. The van der Waals surface area contributed by atoms with Crippen molar-refractivity contribution in [3.63, 3.8) is 0 Å². The normalized spacial score (nSPS) is 21.1. The highest BCUT2D eigenvalue weighted by Crippen LogP contribution is 2.25. The fourth-order valence-corrected chi connectivity index (χ4v) is 4.53. The van der Waals surface area contributed by atoms with E-state index >= 15 is 0 Å². The zero-order valence-electron chi connectivity index (χ0n) is 18.3. The van der Waals surface area contributed by atoms with Crippen LogP contribution in [0.5, 0.6) is 0 Å². The molecular formula is C24H32N4O. The Morgan fingerprint density at radius 3 is 2.52 bits per heavy atom. The summed E-state index contributed by atoms with van der Waals surface area (Å²) in [7, 11) is 0. The van der Waals surface area contributed by atoms with Gasteiger partial charge < -0.3 is 20.1 Å². The summed E-state index contributed by atoms with van der Waals surface area (Å²) in [6.45, 7) is 14.0. The van der Waals surface area contributed by atoms with Gasteiger partial charge in [-0.3, -0.25) is 0 Å². The van der Waals surface area contributed by atoms with Crippen molar-refractivity contribution in [3.05, 3.63) is 28.3 Å². The lowest BCUT2D eigenvalue weighted by Gasteiger charge is -2.36. The summed E-state index contributed by atoms with van der Waals surface area (Å²) in [6.07, 6.45) is 9.57. The molecule has 0 aliphatic carbocycles. The van der Waals surface area contributed by atoms with E-state index in [1.54, 1.807) is 0 Å². The Hall–Kier alpha value is -2.71. The summed E-state index contributed by atoms with van der Waals surface area (Å²) in [5.74, 6) is 2.69. The number of carbonyl (C=O) groups is 1. The first-order chi connectivity index (χ1) is 13.8. The third-order valence-electron chi connectivity index (χ3n) is 5.61. The van der Waals surface area contributed by atoms with Gasteiger partial charge in [-0.25, -0.2) is 4.79 Å². The average Bonchev–Trinajstić information content (AvgIpc) is 2.97. The topological polar surface area (TPSA) is 49.3 Å². The fourth-order valence-electron chi connectivity index (χ4n) is 4.53. The molecule has 2 unspecified atom stereocenters. The van der Waals surface area contributed by atoms with Gasteiger partial charge in [-0.1, -0.05) is 12.0 Å². The number of rotatable bonds is 2. The summed E-state index contributed by atoms with van der Waals surface area (Å²) in [6, 6.07) is 4.90. The van der Waals surface area contributed by atoms with Gasteiger partial charge in [0.1, 0.15) is 0 Å². The molecule has 0 saturated carbocycles. The molecule has 2 aromatic rings. The first-order valence-electron chi connectivity index (χ1n) is 10.4. The Morgan fingerprint density at radius 1 is 1.31 bits per heavy atom. The van der Waals surface area contributed by atoms with Gasteiger partial charge in [-0.15, -0.1) is 6.42 Å². The molecule has 2 atom stereocenters. The van der Waals surface area contributed by atoms with Crippen LogP contribution in [-0.4, -0.2) is 40.7 Å². The lowest BCUT2D eigenvalue weighted by molar-refractivity contribution is 0.176. The van der Waals surface area contributed by atoms with Crippen LogP contribution >= 0.6 is 0 Å². The van der Waals surface area contributed by atoms with Gasteiger partial charge in [0.25, 0.3) is 0 Å². The SMILES string of the molecule is C#C/C=c1\c(=C/C)n(C(C)C)c2ccc(NC(=O)N3CC(C)NC(C)C3)c(C)c12. The second-order valence-electron chi connectivity index (χ2n) is 8.30. The number of fused-ring (bicyclic) bond motifs is 1. The Kier molecular flexibility index (Phi) is 6.04. The molecule has 2 amide bonds. The van der Waals surface area contributed by atoms with Crippen molar-refractivity contribution in [2.45, 2.75) is 59.7 Å². The van der Waals surface area contributed by atoms with E-state index in [0.717, 1.165) is 32.7 Å². The number of benzene rings is 1. The molecule has 1 aliphatic rings. The largest absolute Gasteiger partial charge is 0.338 e. The molecule has 0 spiro atoms. The van der Waals surface area contributed by atoms with Crippen LogP contribution in [0.2, 0.25) is 0 Å². The van der Waals surface area contributed by atoms with Gasteiger partial charge in [0.15, 0.2) is 0 Å². The van der Waals surface area contributed by atoms with E-state index in [-0.39, 0.29) is 18.1 Å². The van der Waals surface area contributed by atoms with Crippen LogP contribution < -0.4 is 21.2 Å². The van der Waals surface area contributed by atoms with Crippen LogP contribution in [0.1, 0.15) is 46.2 Å². The number of terminal acetylenes is 1. The van der Waals surface area contributed by atoms with E-state index in [2.05, 4.69) is 67.9 Å². The molecule has 1 saturated heterocycles. The van der Waals surface area contributed by atoms with Gasteiger partial charge in [0.05, 0.1) is 0 Å². The number of piperazine rings is 1. The molecular weight excluding hydrogens is 360 g/mol. The molecule has 1 aliphatic heterocycles. The van der Waals surface area contributed by atoms with Gasteiger partial charge in [0, 0.05) is 58.4 Å². The van der Waals surface area contributed by atoms with Crippen LogP contribution in [0.15, 0.2) is 12.1 Å². The highest BCUT2D eigenvalue weighted by molar-refractivity contribution is 5.96. The van der Waals surface area contributed by atoms with E-state index in [0.29, 0.717) is 19.1 Å². The maximum absolute atomic E-state index is 12.9. The standard InChI is InChI=1S/C24H32N4O/c1-8-10-19-21(9-2)28(15(3)4)22-12-11-20(18(7)23(19)22)26-24(29)27-13-16(5)25-17(6)14-27/h1,9-12,15-17,25H,13-14H2,2-7H3,(H,26,29)/b19-10+,21-9+. The molecule has 29 heavy (non-hydrogen) atoms. The third-order valence-corrected chi connectivity index (χ3v) is 5.61. The van der Waals surface area contributed by atoms with E-state index in [1.807, 2.05) is 24.0 Å². The molecule has 2 heterocycles. The first-order valence-corrected chi connectivity index (χ1v) is 10.4. The second kappa shape index (κ2) is 8.34. The van der Waals surface area contributed by atoms with Gasteiger partial charge in [-0.05, 0) is 65.3 Å². The minimum absolute atomic E-state index is 0.0549.